The van der Waals surface area contributed by atoms with E-state index >= 15 is 0 Å². The smallest absolute Gasteiger partial charge is 0.268 e. The number of hydrogen-bond acceptors (Lipinski definition) is 2. The van der Waals surface area contributed by atoms with Crippen molar-refractivity contribution in [2.75, 3.05) is 0 Å². The molecule has 6 heteroatoms. The highest BCUT2D eigenvalue weighted by molar-refractivity contribution is 5.98. The molecule has 0 fully saturated rings. The third kappa shape index (κ3) is 2.40. The summed E-state index contributed by atoms with van der Waals surface area (Å²) in [5.41, 5.74) is 3.47. The van der Waals surface area contributed by atoms with Crippen molar-refractivity contribution in [2.45, 2.75) is 25.3 Å². The van der Waals surface area contributed by atoms with Crippen LogP contribution in [0.15, 0.2) is 30.5 Å². The molecule has 0 unspecified atom stereocenters. The molecule has 5 nitrogen and oxygen atoms in total. The molecule has 1 aromatic carbocycles. The molecular weight excluding hydrogens is 295 g/mol. The predicted octanol–water partition coefficient (Wildman–Crippen LogP) is 2.85. The number of aromatic nitrogens is 3. The van der Waals surface area contributed by atoms with Crippen LogP contribution in [0.1, 0.15) is 40.6 Å². The van der Waals surface area contributed by atoms with Gasteiger partial charge in [0.25, 0.3) is 5.91 Å². The van der Waals surface area contributed by atoms with E-state index in [9.17, 15) is 9.18 Å². The second-order valence-electron chi connectivity index (χ2n) is 6.00. The number of amides is 1. The molecule has 1 atom stereocenters. The van der Waals surface area contributed by atoms with E-state index in [2.05, 4.69) is 15.4 Å². The summed E-state index contributed by atoms with van der Waals surface area (Å²) in [4.78, 5) is 15.6. The molecule has 0 saturated heterocycles. The Kier molecular flexibility index (Phi) is 3.18. The van der Waals surface area contributed by atoms with Crippen molar-refractivity contribution in [1.82, 2.24) is 20.1 Å². The summed E-state index contributed by atoms with van der Waals surface area (Å²) in [5.74, 6) is -0.487. The van der Waals surface area contributed by atoms with Gasteiger partial charge < -0.3 is 10.3 Å². The van der Waals surface area contributed by atoms with Crippen molar-refractivity contribution < 1.29 is 9.18 Å². The van der Waals surface area contributed by atoms with Gasteiger partial charge in [-0.1, -0.05) is 0 Å². The molecule has 23 heavy (non-hydrogen) atoms. The number of carbonyl (C=O) groups excluding carboxylic acids is 1. The Bertz CT molecular complexity index is 895. The fourth-order valence-corrected chi connectivity index (χ4v) is 3.32. The summed E-state index contributed by atoms with van der Waals surface area (Å²) in [6.07, 6.45) is 4.75. The maximum absolute atomic E-state index is 13.3. The molecule has 0 radical (unpaired) electrons. The zero-order valence-electron chi connectivity index (χ0n) is 12.8. The Morgan fingerprint density at radius 1 is 1.43 bits per heavy atom. The highest BCUT2D eigenvalue weighted by atomic mass is 19.1. The lowest BCUT2D eigenvalue weighted by atomic mass is 9.93. The lowest BCUT2D eigenvalue weighted by Crippen LogP contribution is -2.31. The lowest BCUT2D eigenvalue weighted by Gasteiger charge is -2.23. The van der Waals surface area contributed by atoms with E-state index in [1.54, 1.807) is 12.1 Å². The van der Waals surface area contributed by atoms with Gasteiger partial charge in [-0.25, -0.2) is 4.39 Å². The Morgan fingerprint density at radius 2 is 2.30 bits per heavy atom. The molecule has 4 rings (SSSR count). The Morgan fingerprint density at radius 3 is 3.17 bits per heavy atom. The Balaban J connectivity index is 1.60. The highest BCUT2D eigenvalue weighted by Gasteiger charge is 2.25. The van der Waals surface area contributed by atoms with Gasteiger partial charge in [0.2, 0.25) is 0 Å². The number of aryl methyl sites for hydroxylation is 1. The summed E-state index contributed by atoms with van der Waals surface area (Å²) < 4.78 is 15.1. The maximum atomic E-state index is 13.3. The van der Waals surface area contributed by atoms with Crippen molar-refractivity contribution in [3.8, 4) is 0 Å². The van der Waals surface area contributed by atoms with Crippen molar-refractivity contribution in [3.63, 3.8) is 0 Å². The van der Waals surface area contributed by atoms with Crippen LogP contribution in [0.5, 0.6) is 0 Å². The second-order valence-corrected chi connectivity index (χ2v) is 6.00. The van der Waals surface area contributed by atoms with Crippen molar-refractivity contribution in [1.29, 1.82) is 0 Å². The molecule has 3 aromatic rings. The molecular formula is C17H17FN4O. The zero-order chi connectivity index (χ0) is 16.0. The first-order valence-electron chi connectivity index (χ1n) is 7.72. The fraction of sp³-hybridized carbons (Fsp3) is 0.294. The largest absolute Gasteiger partial charge is 0.351 e. The average Bonchev–Trinajstić information content (AvgIpc) is 3.12. The van der Waals surface area contributed by atoms with Gasteiger partial charge in [0.15, 0.2) is 0 Å². The van der Waals surface area contributed by atoms with E-state index in [4.69, 9.17) is 0 Å². The summed E-state index contributed by atoms with van der Waals surface area (Å²) in [6.45, 7) is 0. The Labute approximate surface area is 132 Å². The normalized spacial score (nSPS) is 17.2. The molecule has 0 saturated carbocycles. The summed E-state index contributed by atoms with van der Waals surface area (Å²) in [6, 6.07) is 6.09. The van der Waals surface area contributed by atoms with E-state index < -0.39 is 0 Å². The van der Waals surface area contributed by atoms with Crippen LogP contribution in [0.4, 0.5) is 4.39 Å². The van der Waals surface area contributed by atoms with Crippen LogP contribution in [-0.4, -0.2) is 20.7 Å². The third-order valence-corrected chi connectivity index (χ3v) is 4.51. The minimum absolute atomic E-state index is 0.0249. The van der Waals surface area contributed by atoms with Gasteiger partial charge >= 0.3 is 0 Å². The molecule has 0 aliphatic heterocycles. The summed E-state index contributed by atoms with van der Waals surface area (Å²) in [7, 11) is 1.93. The third-order valence-electron chi connectivity index (χ3n) is 4.51. The topological polar surface area (TPSA) is 62.7 Å². The van der Waals surface area contributed by atoms with E-state index in [0.717, 1.165) is 30.3 Å². The first kappa shape index (κ1) is 14.0. The van der Waals surface area contributed by atoms with Crippen LogP contribution in [0, 0.1) is 5.82 Å². The van der Waals surface area contributed by atoms with Crippen LogP contribution in [-0.2, 0) is 13.5 Å². The van der Waals surface area contributed by atoms with Crippen LogP contribution in [0.2, 0.25) is 0 Å². The number of carbonyl (C=O) groups is 1. The van der Waals surface area contributed by atoms with E-state index in [1.807, 2.05) is 17.9 Å². The predicted molar refractivity (Wildman–Crippen MR) is 84.6 cm³/mol. The van der Waals surface area contributed by atoms with E-state index in [1.165, 1.54) is 17.8 Å². The number of rotatable bonds is 2. The Hall–Kier alpha value is -2.63. The number of nitrogens with zero attached hydrogens (tertiary/aromatic N) is 2. The van der Waals surface area contributed by atoms with Gasteiger partial charge in [0.1, 0.15) is 11.5 Å². The van der Waals surface area contributed by atoms with E-state index in [0.29, 0.717) is 11.1 Å². The number of fused-ring (bicyclic) bond motifs is 2. The second kappa shape index (κ2) is 5.22. The minimum Gasteiger partial charge on any atom is -0.351 e. The molecule has 2 heterocycles. The molecule has 1 aliphatic rings. The van der Waals surface area contributed by atoms with Gasteiger partial charge in [0, 0.05) is 29.2 Å². The van der Waals surface area contributed by atoms with Gasteiger partial charge in [-0.05, 0) is 43.5 Å². The average molecular weight is 312 g/mol. The quantitative estimate of drug-likeness (QED) is 0.764. The van der Waals surface area contributed by atoms with Crippen molar-refractivity contribution >= 4 is 16.8 Å². The van der Waals surface area contributed by atoms with Gasteiger partial charge in [0.05, 0.1) is 12.2 Å². The number of benzene rings is 1. The maximum Gasteiger partial charge on any atom is 0.268 e. The number of hydrogen-bond donors (Lipinski definition) is 2. The lowest BCUT2D eigenvalue weighted by molar-refractivity contribution is 0.0928. The minimum atomic E-state index is -0.309. The molecule has 2 N–H and O–H groups in total. The van der Waals surface area contributed by atoms with E-state index in [-0.39, 0.29) is 17.8 Å². The summed E-state index contributed by atoms with van der Waals surface area (Å²) in [5, 5.41) is 8.05. The molecule has 0 bridgehead atoms. The molecule has 2 aromatic heterocycles. The van der Waals surface area contributed by atoms with Crippen LogP contribution in [0.25, 0.3) is 10.9 Å². The van der Waals surface area contributed by atoms with Gasteiger partial charge in [-0.3, -0.25) is 9.48 Å². The van der Waals surface area contributed by atoms with Gasteiger partial charge in [-0.15, -0.1) is 0 Å². The number of aromatic amines is 1. The molecule has 1 amide bonds. The van der Waals surface area contributed by atoms with Crippen molar-refractivity contribution in [3.05, 3.63) is 53.2 Å². The molecule has 1 aliphatic carbocycles. The number of halogens is 1. The molecule has 0 spiro atoms. The highest BCUT2D eigenvalue weighted by Crippen LogP contribution is 2.29. The first-order chi connectivity index (χ1) is 11.1. The van der Waals surface area contributed by atoms with Crippen LogP contribution >= 0.6 is 0 Å². The first-order valence-corrected chi connectivity index (χ1v) is 7.72. The summed E-state index contributed by atoms with van der Waals surface area (Å²) >= 11 is 0. The monoisotopic (exact) mass is 312 g/mol. The van der Waals surface area contributed by atoms with Crippen LogP contribution < -0.4 is 5.32 Å². The SMILES string of the molecule is Cn1ncc2c1CCC[C@@H]2NC(=O)c1cc2cc(F)ccc2[nH]1. The van der Waals surface area contributed by atoms with Crippen molar-refractivity contribution in [2.24, 2.45) is 7.05 Å². The van der Waals surface area contributed by atoms with Gasteiger partial charge in [-0.2, -0.15) is 5.10 Å². The standard InChI is InChI=1S/C17H17FN4O/c1-22-16-4-2-3-14(12(16)9-19-22)21-17(23)15-8-10-7-11(18)5-6-13(10)20-15/h5-9,14,20H,2-4H2,1H3,(H,21,23)/t14-/m0/s1. The van der Waals surface area contributed by atoms with Crippen LogP contribution in [0.3, 0.4) is 0 Å². The fourth-order valence-electron chi connectivity index (χ4n) is 3.32. The number of nitrogens with one attached hydrogen (secondary N) is 2. The molecule has 118 valence electrons. The zero-order valence-corrected chi connectivity index (χ0v) is 12.8. The number of H-pyrrole nitrogens is 1.